The highest BCUT2D eigenvalue weighted by Gasteiger charge is 2.36. The van der Waals surface area contributed by atoms with Gasteiger partial charge in [-0.05, 0) is 50.8 Å². The van der Waals surface area contributed by atoms with Gasteiger partial charge >= 0.3 is 0 Å². The van der Waals surface area contributed by atoms with Crippen molar-refractivity contribution >= 4 is 16.9 Å². The average molecular weight is 338 g/mol. The van der Waals surface area contributed by atoms with Crippen molar-refractivity contribution in [3.05, 3.63) is 41.7 Å². The van der Waals surface area contributed by atoms with Gasteiger partial charge in [-0.25, -0.2) is 4.98 Å². The van der Waals surface area contributed by atoms with Gasteiger partial charge in [-0.2, -0.15) is 0 Å². The van der Waals surface area contributed by atoms with Crippen molar-refractivity contribution in [2.75, 3.05) is 26.2 Å². The number of imidazole rings is 1. The number of rotatable bonds is 3. The lowest BCUT2D eigenvalue weighted by Gasteiger charge is -2.35. The molecule has 0 aliphatic carbocycles. The number of fused-ring (bicyclic) bond motifs is 5. The number of hydrogen-bond acceptors (Lipinski definition) is 3. The number of H-pyrrole nitrogens is 1. The Morgan fingerprint density at radius 3 is 3.00 bits per heavy atom. The molecule has 5 rings (SSSR count). The first-order valence-corrected chi connectivity index (χ1v) is 9.20. The first-order chi connectivity index (χ1) is 12.1. The molecule has 132 valence electrons. The maximum absolute atomic E-state index is 13.1. The van der Waals surface area contributed by atoms with Crippen molar-refractivity contribution in [1.82, 2.24) is 19.8 Å². The van der Waals surface area contributed by atoms with Crippen LogP contribution < -0.4 is 0 Å². The van der Waals surface area contributed by atoms with Crippen molar-refractivity contribution in [3.8, 4) is 0 Å². The summed E-state index contributed by atoms with van der Waals surface area (Å²) in [5.41, 5.74) is 3.95. The number of nitrogens with one attached hydrogen (secondary N) is 1. The number of benzene rings is 1. The third-order valence-corrected chi connectivity index (χ3v) is 5.52. The summed E-state index contributed by atoms with van der Waals surface area (Å²) in [5.74, 6) is 0.738. The average Bonchev–Trinajstić information content (AvgIpc) is 2.89. The molecule has 1 amide bonds. The van der Waals surface area contributed by atoms with Gasteiger partial charge in [0.25, 0.3) is 5.91 Å². The van der Waals surface area contributed by atoms with Gasteiger partial charge in [0.2, 0.25) is 0 Å². The first kappa shape index (κ1) is 16.3. The van der Waals surface area contributed by atoms with Gasteiger partial charge in [-0.15, -0.1) is 0 Å². The minimum absolute atomic E-state index is 0.150. The molecule has 3 aliphatic heterocycles. The number of piperidine rings is 1. The van der Waals surface area contributed by atoms with Crippen LogP contribution in [0.2, 0.25) is 0 Å². The molecular formula is C20H26N4O. The Balaban J connectivity index is 1.53. The van der Waals surface area contributed by atoms with Crippen molar-refractivity contribution in [2.24, 2.45) is 5.92 Å². The molecule has 5 heteroatoms. The number of carbonyl (C=O) groups excluding carboxylic acids is 1. The van der Waals surface area contributed by atoms with E-state index in [2.05, 4.69) is 39.7 Å². The van der Waals surface area contributed by atoms with E-state index in [1.807, 2.05) is 18.2 Å². The number of aromatic amines is 1. The smallest absolute Gasteiger partial charge is 0.253 e. The van der Waals surface area contributed by atoms with Gasteiger partial charge in [0, 0.05) is 37.8 Å². The molecule has 2 aromatic rings. The van der Waals surface area contributed by atoms with E-state index in [1.165, 1.54) is 18.4 Å². The van der Waals surface area contributed by atoms with E-state index in [4.69, 9.17) is 0 Å². The van der Waals surface area contributed by atoms with Crippen molar-refractivity contribution in [2.45, 2.75) is 32.7 Å². The predicted molar refractivity (Wildman–Crippen MR) is 99.5 cm³/mol. The van der Waals surface area contributed by atoms with E-state index >= 15 is 0 Å². The minimum atomic E-state index is 0.150. The van der Waals surface area contributed by atoms with Crippen LogP contribution in [0.5, 0.6) is 0 Å². The largest absolute Gasteiger partial charge is 0.345 e. The zero-order valence-electron chi connectivity index (χ0n) is 15.0. The fourth-order valence-electron chi connectivity index (χ4n) is 4.12. The molecule has 3 aliphatic rings. The van der Waals surface area contributed by atoms with Crippen molar-refractivity contribution in [3.63, 3.8) is 0 Å². The number of carbonyl (C=O) groups is 1. The highest BCUT2D eigenvalue weighted by Crippen LogP contribution is 2.29. The lowest BCUT2D eigenvalue weighted by molar-refractivity contribution is 0.0740. The summed E-state index contributed by atoms with van der Waals surface area (Å²) in [7, 11) is 0. The number of nitrogens with zero attached hydrogens (tertiary/aromatic N) is 3. The number of hydrogen-bond donors (Lipinski definition) is 1. The second-order valence-corrected chi connectivity index (χ2v) is 7.68. The summed E-state index contributed by atoms with van der Waals surface area (Å²) in [6.45, 7) is 8.13. The molecule has 2 bridgehead atoms. The Bertz CT molecular complexity index is 805. The van der Waals surface area contributed by atoms with Gasteiger partial charge in [-0.3, -0.25) is 9.69 Å². The SMILES string of the molecule is CC(C)=CCN1C[C@H]2CC[C@@H]1CN(C(=O)c1ccc3nc[nH]c3c1)C2. The molecule has 4 heterocycles. The molecule has 25 heavy (non-hydrogen) atoms. The fraction of sp³-hybridized carbons (Fsp3) is 0.500. The molecule has 0 spiro atoms. The molecule has 0 radical (unpaired) electrons. The summed E-state index contributed by atoms with van der Waals surface area (Å²) in [5, 5.41) is 0. The lowest BCUT2D eigenvalue weighted by atomic mass is 9.95. The Labute approximate surface area is 148 Å². The molecule has 1 aromatic heterocycles. The molecule has 5 nitrogen and oxygen atoms in total. The van der Waals surface area contributed by atoms with E-state index in [0.29, 0.717) is 12.0 Å². The van der Waals surface area contributed by atoms with Crippen LogP contribution in [0.4, 0.5) is 0 Å². The van der Waals surface area contributed by atoms with Crippen LogP contribution in [0, 0.1) is 5.92 Å². The third-order valence-electron chi connectivity index (χ3n) is 5.52. The molecule has 1 aromatic carbocycles. The van der Waals surface area contributed by atoms with Crippen LogP contribution in [0.15, 0.2) is 36.2 Å². The maximum Gasteiger partial charge on any atom is 0.253 e. The summed E-state index contributed by atoms with van der Waals surface area (Å²) in [4.78, 5) is 25.0. The van der Waals surface area contributed by atoms with E-state index < -0.39 is 0 Å². The summed E-state index contributed by atoms with van der Waals surface area (Å²) in [6.07, 6.45) is 6.41. The van der Waals surface area contributed by atoms with E-state index in [1.54, 1.807) is 6.33 Å². The number of allylic oxidation sites excluding steroid dienone is 1. The molecular weight excluding hydrogens is 312 g/mol. The molecule has 0 unspecified atom stereocenters. The molecule has 2 atom stereocenters. The van der Waals surface area contributed by atoms with Gasteiger partial charge in [-0.1, -0.05) is 11.6 Å². The topological polar surface area (TPSA) is 52.2 Å². The third kappa shape index (κ3) is 3.33. The number of aromatic nitrogens is 2. The Morgan fingerprint density at radius 1 is 1.28 bits per heavy atom. The van der Waals surface area contributed by atoms with Crippen LogP contribution in [0.25, 0.3) is 11.0 Å². The van der Waals surface area contributed by atoms with Crippen LogP contribution in [0.1, 0.15) is 37.0 Å². The van der Waals surface area contributed by atoms with Crippen LogP contribution >= 0.6 is 0 Å². The zero-order chi connectivity index (χ0) is 17.4. The van der Waals surface area contributed by atoms with E-state index in [-0.39, 0.29) is 5.91 Å². The monoisotopic (exact) mass is 338 g/mol. The van der Waals surface area contributed by atoms with E-state index in [9.17, 15) is 4.79 Å². The maximum atomic E-state index is 13.1. The molecule has 1 N–H and O–H groups in total. The second-order valence-electron chi connectivity index (χ2n) is 7.68. The zero-order valence-corrected chi connectivity index (χ0v) is 15.0. The lowest BCUT2D eigenvalue weighted by Crippen LogP contribution is -2.44. The van der Waals surface area contributed by atoms with Crippen molar-refractivity contribution < 1.29 is 4.79 Å². The van der Waals surface area contributed by atoms with E-state index in [0.717, 1.165) is 42.8 Å². The molecule has 3 saturated heterocycles. The highest BCUT2D eigenvalue weighted by molar-refractivity contribution is 5.97. The summed E-state index contributed by atoms with van der Waals surface area (Å²) in [6, 6.07) is 6.23. The van der Waals surface area contributed by atoms with Crippen LogP contribution in [-0.2, 0) is 0 Å². The summed E-state index contributed by atoms with van der Waals surface area (Å²) < 4.78 is 0. The van der Waals surface area contributed by atoms with Crippen LogP contribution in [-0.4, -0.2) is 57.9 Å². The Kier molecular flexibility index (Phi) is 4.34. The molecule has 3 fully saturated rings. The van der Waals surface area contributed by atoms with Gasteiger partial charge in [0.1, 0.15) is 0 Å². The molecule has 0 saturated carbocycles. The minimum Gasteiger partial charge on any atom is -0.345 e. The van der Waals surface area contributed by atoms with Gasteiger partial charge in [0.15, 0.2) is 0 Å². The quantitative estimate of drug-likeness (QED) is 0.875. The fourth-order valence-corrected chi connectivity index (χ4v) is 4.12. The second kappa shape index (κ2) is 6.64. The standard InChI is InChI=1S/C20H26N4O/c1-14(2)7-8-23-10-15-3-5-17(23)12-24(11-15)20(25)16-4-6-18-19(9-16)22-13-21-18/h4,6-7,9,13,15,17H,3,5,8,10-12H2,1-2H3,(H,21,22)/t15-,17-/m1/s1. The predicted octanol–water partition coefficient (Wildman–Crippen LogP) is 3.07. The number of amides is 1. The summed E-state index contributed by atoms with van der Waals surface area (Å²) >= 11 is 0. The van der Waals surface area contributed by atoms with Gasteiger partial charge in [0.05, 0.1) is 17.4 Å². The van der Waals surface area contributed by atoms with Crippen LogP contribution in [0.3, 0.4) is 0 Å². The normalized spacial score (nSPS) is 23.7. The van der Waals surface area contributed by atoms with Gasteiger partial charge < -0.3 is 9.88 Å². The first-order valence-electron chi connectivity index (χ1n) is 9.20. The van der Waals surface area contributed by atoms with Crippen molar-refractivity contribution in [1.29, 1.82) is 0 Å². The Morgan fingerprint density at radius 2 is 2.16 bits per heavy atom. The Hall–Kier alpha value is -2.14. The highest BCUT2D eigenvalue weighted by atomic mass is 16.2.